The second-order valence-corrected chi connectivity index (χ2v) is 4.96. The molecule has 0 fully saturated rings. The molecule has 2 heterocycles. The summed E-state index contributed by atoms with van der Waals surface area (Å²) in [5, 5.41) is 0. The molecule has 0 radical (unpaired) electrons. The molecular formula is C14H15N5O. The molecule has 0 aliphatic heterocycles. The Kier molecular flexibility index (Phi) is 2.60. The van der Waals surface area contributed by atoms with Crippen LogP contribution in [0.1, 0.15) is 16.7 Å². The predicted molar refractivity (Wildman–Crippen MR) is 78.1 cm³/mol. The fourth-order valence-corrected chi connectivity index (χ4v) is 2.31. The Balaban J connectivity index is 2.36. The van der Waals surface area contributed by atoms with Gasteiger partial charge in [-0.05, 0) is 43.5 Å². The van der Waals surface area contributed by atoms with E-state index in [9.17, 15) is 4.79 Å². The number of hydrogen-bond acceptors (Lipinski definition) is 4. The molecule has 0 saturated carbocycles. The molecule has 3 N–H and O–H groups in total. The number of nitrogen functional groups attached to an aromatic ring is 1. The molecule has 102 valence electrons. The van der Waals surface area contributed by atoms with Crippen molar-refractivity contribution < 1.29 is 0 Å². The summed E-state index contributed by atoms with van der Waals surface area (Å²) in [6, 6.07) is 4.16. The monoisotopic (exact) mass is 269 g/mol. The highest BCUT2D eigenvalue weighted by molar-refractivity contribution is 5.73. The second kappa shape index (κ2) is 4.19. The van der Waals surface area contributed by atoms with Gasteiger partial charge in [-0.1, -0.05) is 6.07 Å². The van der Waals surface area contributed by atoms with Gasteiger partial charge >= 0.3 is 0 Å². The number of benzene rings is 1. The smallest absolute Gasteiger partial charge is 0.280 e. The van der Waals surface area contributed by atoms with Gasteiger partial charge in [0.05, 0.1) is 5.69 Å². The lowest BCUT2D eigenvalue weighted by Crippen LogP contribution is -2.12. The van der Waals surface area contributed by atoms with Crippen molar-refractivity contribution in [3.8, 4) is 5.69 Å². The van der Waals surface area contributed by atoms with Crippen LogP contribution in [-0.2, 0) is 0 Å². The average Bonchev–Trinajstić information content (AvgIpc) is 2.77. The number of anilines is 1. The van der Waals surface area contributed by atoms with Gasteiger partial charge in [-0.25, -0.2) is 4.98 Å². The lowest BCUT2D eigenvalue weighted by atomic mass is 10.0. The van der Waals surface area contributed by atoms with E-state index in [4.69, 9.17) is 5.73 Å². The summed E-state index contributed by atoms with van der Waals surface area (Å²) >= 11 is 0. The quantitative estimate of drug-likeness (QED) is 0.702. The summed E-state index contributed by atoms with van der Waals surface area (Å²) < 4.78 is 1.79. The number of aryl methyl sites for hydroxylation is 3. The zero-order valence-electron chi connectivity index (χ0n) is 11.6. The van der Waals surface area contributed by atoms with Crippen molar-refractivity contribution in [2.24, 2.45) is 0 Å². The Morgan fingerprint density at radius 2 is 1.85 bits per heavy atom. The molecule has 0 amide bonds. The largest absolute Gasteiger partial charge is 0.369 e. The van der Waals surface area contributed by atoms with Crippen LogP contribution in [0.3, 0.4) is 0 Å². The molecule has 2 aromatic heterocycles. The van der Waals surface area contributed by atoms with Crippen LogP contribution in [0.25, 0.3) is 16.9 Å². The van der Waals surface area contributed by atoms with Crippen LogP contribution in [0.4, 0.5) is 5.95 Å². The van der Waals surface area contributed by atoms with Crippen LogP contribution < -0.4 is 11.3 Å². The van der Waals surface area contributed by atoms with Crippen LogP contribution >= 0.6 is 0 Å². The Labute approximate surface area is 115 Å². The van der Waals surface area contributed by atoms with Crippen molar-refractivity contribution >= 4 is 17.1 Å². The Bertz CT molecular complexity index is 875. The van der Waals surface area contributed by atoms with Gasteiger partial charge in [0, 0.05) is 0 Å². The fraction of sp³-hybridized carbons (Fsp3) is 0.214. The zero-order valence-corrected chi connectivity index (χ0v) is 11.6. The first-order chi connectivity index (χ1) is 9.47. The molecule has 3 rings (SSSR count). The molecule has 1 aromatic carbocycles. The highest BCUT2D eigenvalue weighted by Crippen LogP contribution is 2.21. The lowest BCUT2D eigenvalue weighted by molar-refractivity contribution is 1.04. The summed E-state index contributed by atoms with van der Waals surface area (Å²) in [7, 11) is 0. The highest BCUT2D eigenvalue weighted by Gasteiger charge is 2.12. The molecule has 0 spiro atoms. The Hall–Kier alpha value is -2.63. The number of aromatic amines is 1. The van der Waals surface area contributed by atoms with Crippen molar-refractivity contribution in [1.82, 2.24) is 19.5 Å². The van der Waals surface area contributed by atoms with Crippen LogP contribution in [0.15, 0.2) is 23.3 Å². The standard InChI is InChI=1S/C14H15N5O/c1-7-4-9(3)10(5-8(7)2)19-6-16-11-12(19)17-14(15)18-13(11)20/h4-6H,1-3H3,(H3,15,17,18,20). The number of nitrogens with one attached hydrogen (secondary N) is 1. The summed E-state index contributed by atoms with van der Waals surface area (Å²) in [5.41, 5.74) is 10.5. The third-order valence-corrected chi connectivity index (χ3v) is 3.50. The van der Waals surface area contributed by atoms with E-state index < -0.39 is 0 Å². The normalized spacial score (nSPS) is 11.2. The van der Waals surface area contributed by atoms with E-state index in [0.717, 1.165) is 11.3 Å². The number of H-pyrrole nitrogens is 1. The minimum atomic E-state index is -0.326. The van der Waals surface area contributed by atoms with E-state index in [0.29, 0.717) is 5.65 Å². The van der Waals surface area contributed by atoms with E-state index in [-0.39, 0.29) is 17.0 Å². The van der Waals surface area contributed by atoms with Crippen LogP contribution in [0.2, 0.25) is 0 Å². The summed E-state index contributed by atoms with van der Waals surface area (Å²) in [4.78, 5) is 22.6. The molecule has 6 nitrogen and oxygen atoms in total. The highest BCUT2D eigenvalue weighted by atomic mass is 16.1. The van der Waals surface area contributed by atoms with Gasteiger partial charge in [-0.2, -0.15) is 4.98 Å². The van der Waals surface area contributed by atoms with Crippen molar-refractivity contribution in [3.05, 3.63) is 45.5 Å². The minimum Gasteiger partial charge on any atom is -0.369 e. The van der Waals surface area contributed by atoms with Crippen molar-refractivity contribution in [2.45, 2.75) is 20.8 Å². The first kappa shape index (κ1) is 12.4. The van der Waals surface area contributed by atoms with Crippen LogP contribution in [0.5, 0.6) is 0 Å². The van der Waals surface area contributed by atoms with Crippen molar-refractivity contribution in [3.63, 3.8) is 0 Å². The van der Waals surface area contributed by atoms with Crippen molar-refractivity contribution in [2.75, 3.05) is 5.73 Å². The second-order valence-electron chi connectivity index (χ2n) is 4.96. The third-order valence-electron chi connectivity index (χ3n) is 3.50. The van der Waals surface area contributed by atoms with Gasteiger partial charge in [-0.3, -0.25) is 14.3 Å². The first-order valence-corrected chi connectivity index (χ1v) is 6.28. The van der Waals surface area contributed by atoms with Gasteiger partial charge in [0.1, 0.15) is 6.33 Å². The molecular weight excluding hydrogens is 254 g/mol. The molecule has 0 atom stereocenters. The molecule has 20 heavy (non-hydrogen) atoms. The summed E-state index contributed by atoms with van der Waals surface area (Å²) in [5.74, 6) is 0.0886. The molecule has 0 bridgehead atoms. The predicted octanol–water partition coefficient (Wildman–Crippen LogP) is 1.62. The molecule has 0 aliphatic carbocycles. The maximum absolute atomic E-state index is 11.8. The number of aromatic nitrogens is 4. The average molecular weight is 269 g/mol. The number of fused-ring (bicyclic) bond motifs is 1. The number of nitrogens with two attached hydrogens (primary N) is 1. The number of rotatable bonds is 1. The van der Waals surface area contributed by atoms with Gasteiger partial charge in [0.25, 0.3) is 5.56 Å². The van der Waals surface area contributed by atoms with E-state index in [1.807, 2.05) is 13.8 Å². The SMILES string of the molecule is Cc1cc(C)c(-n2cnc3c(=O)[nH]c(N)nc32)cc1C. The van der Waals surface area contributed by atoms with E-state index in [1.165, 1.54) is 11.1 Å². The zero-order chi connectivity index (χ0) is 14.4. The van der Waals surface area contributed by atoms with Crippen molar-refractivity contribution in [1.29, 1.82) is 0 Å². The Morgan fingerprint density at radius 3 is 2.60 bits per heavy atom. The number of nitrogens with zero attached hydrogens (tertiary/aromatic N) is 3. The maximum atomic E-state index is 11.8. The maximum Gasteiger partial charge on any atom is 0.280 e. The van der Waals surface area contributed by atoms with Gasteiger partial charge in [-0.15, -0.1) is 0 Å². The number of imidazole rings is 1. The third kappa shape index (κ3) is 1.77. The Morgan fingerprint density at radius 1 is 1.15 bits per heavy atom. The van der Waals surface area contributed by atoms with E-state index in [1.54, 1.807) is 10.9 Å². The van der Waals surface area contributed by atoms with Crippen LogP contribution in [-0.4, -0.2) is 19.5 Å². The summed E-state index contributed by atoms with van der Waals surface area (Å²) in [6.45, 7) is 6.13. The molecule has 3 aromatic rings. The first-order valence-electron chi connectivity index (χ1n) is 6.28. The van der Waals surface area contributed by atoms with Gasteiger partial charge < -0.3 is 5.73 Å². The number of hydrogen-bond donors (Lipinski definition) is 2. The fourth-order valence-electron chi connectivity index (χ4n) is 2.31. The summed E-state index contributed by atoms with van der Waals surface area (Å²) in [6.07, 6.45) is 1.60. The van der Waals surface area contributed by atoms with Gasteiger partial charge in [0.2, 0.25) is 5.95 Å². The molecule has 6 heteroatoms. The lowest BCUT2D eigenvalue weighted by Gasteiger charge is -2.11. The van der Waals surface area contributed by atoms with Crippen LogP contribution in [0, 0.1) is 20.8 Å². The topological polar surface area (TPSA) is 89.6 Å². The molecule has 0 aliphatic rings. The van der Waals surface area contributed by atoms with E-state index in [2.05, 4.69) is 34.0 Å². The minimum absolute atomic E-state index is 0.0886. The van der Waals surface area contributed by atoms with Gasteiger partial charge in [0.15, 0.2) is 11.2 Å². The molecule has 0 unspecified atom stereocenters. The van der Waals surface area contributed by atoms with E-state index >= 15 is 0 Å². The molecule has 0 saturated heterocycles.